The molecule has 0 spiro atoms. The highest BCUT2D eigenvalue weighted by molar-refractivity contribution is 8.00. The molecule has 154 valence electrons. The van der Waals surface area contributed by atoms with Gasteiger partial charge in [-0.3, -0.25) is 9.59 Å². The van der Waals surface area contributed by atoms with Gasteiger partial charge in [-0.15, -0.1) is 11.8 Å². The van der Waals surface area contributed by atoms with Crippen LogP contribution in [0, 0.1) is 0 Å². The van der Waals surface area contributed by atoms with E-state index in [0.29, 0.717) is 5.75 Å². The van der Waals surface area contributed by atoms with Crippen LogP contribution in [0.25, 0.3) is 0 Å². The maximum absolute atomic E-state index is 12.9. The lowest BCUT2D eigenvalue weighted by Crippen LogP contribution is -2.32. The normalized spacial score (nSPS) is 15.8. The van der Waals surface area contributed by atoms with Gasteiger partial charge in [0.2, 0.25) is 11.8 Å². The number of nitrogens with one attached hydrogen (secondary N) is 1. The molecule has 29 heavy (non-hydrogen) atoms. The number of hydrogen-bond donors (Lipinski definition) is 1. The molecule has 0 aliphatic carbocycles. The van der Waals surface area contributed by atoms with Crippen molar-refractivity contribution in [2.24, 2.45) is 0 Å². The molecule has 0 radical (unpaired) electrons. The molecule has 1 atom stereocenters. The predicted octanol–water partition coefficient (Wildman–Crippen LogP) is 4.12. The third-order valence-corrected chi connectivity index (χ3v) is 5.90. The van der Waals surface area contributed by atoms with Crippen molar-refractivity contribution >= 4 is 29.3 Å². The van der Waals surface area contributed by atoms with Gasteiger partial charge < -0.3 is 19.7 Å². The van der Waals surface area contributed by atoms with Gasteiger partial charge in [-0.2, -0.15) is 0 Å². The Hall–Kier alpha value is -2.67. The predicted molar refractivity (Wildman–Crippen MR) is 115 cm³/mol. The van der Waals surface area contributed by atoms with E-state index in [2.05, 4.69) is 5.32 Å². The summed E-state index contributed by atoms with van der Waals surface area (Å²) in [5.74, 6) is 1.90. The van der Waals surface area contributed by atoms with E-state index in [0.717, 1.165) is 47.0 Å². The van der Waals surface area contributed by atoms with Gasteiger partial charge in [-0.25, -0.2) is 0 Å². The van der Waals surface area contributed by atoms with Crippen LogP contribution in [-0.4, -0.2) is 43.2 Å². The summed E-state index contributed by atoms with van der Waals surface area (Å²) in [5, 5.41) is 2.74. The van der Waals surface area contributed by atoms with E-state index in [1.807, 2.05) is 47.4 Å². The fraction of sp³-hybridized carbons (Fsp3) is 0.364. The first-order valence-corrected chi connectivity index (χ1v) is 10.5. The Kier molecular flexibility index (Phi) is 7.04. The zero-order valence-electron chi connectivity index (χ0n) is 16.9. The minimum atomic E-state index is -0.103. The molecule has 2 amide bonds. The van der Waals surface area contributed by atoms with Crippen molar-refractivity contribution in [3.63, 3.8) is 0 Å². The molecule has 0 bridgehead atoms. The Morgan fingerprint density at radius 2 is 1.90 bits per heavy atom. The van der Waals surface area contributed by atoms with Gasteiger partial charge in [0, 0.05) is 29.6 Å². The number of rotatable bonds is 7. The second-order valence-corrected chi connectivity index (χ2v) is 7.90. The van der Waals surface area contributed by atoms with Crippen molar-refractivity contribution in [1.29, 1.82) is 0 Å². The molecule has 2 aromatic carbocycles. The first-order chi connectivity index (χ1) is 14.0. The molecule has 1 aliphatic heterocycles. The fourth-order valence-corrected chi connectivity index (χ4v) is 4.34. The van der Waals surface area contributed by atoms with Crippen molar-refractivity contribution in [1.82, 2.24) is 4.90 Å². The number of anilines is 1. The summed E-state index contributed by atoms with van der Waals surface area (Å²) in [4.78, 5) is 27.0. The van der Waals surface area contributed by atoms with Crippen LogP contribution in [0.4, 0.5) is 5.69 Å². The molecule has 1 unspecified atom stereocenters. The van der Waals surface area contributed by atoms with E-state index in [9.17, 15) is 9.59 Å². The summed E-state index contributed by atoms with van der Waals surface area (Å²) in [6.07, 6.45) is 1.87. The van der Waals surface area contributed by atoms with Crippen LogP contribution in [0.1, 0.15) is 31.4 Å². The lowest BCUT2D eigenvalue weighted by atomic mass is 10.0. The molecule has 1 heterocycles. The van der Waals surface area contributed by atoms with Gasteiger partial charge in [-0.1, -0.05) is 0 Å². The highest BCUT2D eigenvalue weighted by Gasteiger charge is 2.32. The first kappa shape index (κ1) is 21.0. The molecule has 1 N–H and O–H groups in total. The van der Waals surface area contributed by atoms with Gasteiger partial charge in [0.15, 0.2) is 0 Å². The number of ether oxygens (including phenoxy) is 2. The minimum Gasteiger partial charge on any atom is -0.497 e. The molecule has 1 fully saturated rings. The second-order valence-electron chi connectivity index (χ2n) is 6.85. The van der Waals surface area contributed by atoms with Crippen molar-refractivity contribution < 1.29 is 19.1 Å². The quantitative estimate of drug-likeness (QED) is 0.691. The number of thioether (sulfide) groups is 1. The lowest BCUT2D eigenvalue weighted by Gasteiger charge is -2.26. The second kappa shape index (κ2) is 9.69. The van der Waals surface area contributed by atoms with Crippen molar-refractivity contribution in [3.8, 4) is 11.5 Å². The molecule has 6 nitrogen and oxygen atoms in total. The average Bonchev–Trinajstić information content (AvgIpc) is 3.22. The van der Waals surface area contributed by atoms with Crippen LogP contribution in [0.15, 0.2) is 47.4 Å². The Morgan fingerprint density at radius 1 is 1.14 bits per heavy atom. The summed E-state index contributed by atoms with van der Waals surface area (Å²) in [7, 11) is 3.28. The van der Waals surface area contributed by atoms with Crippen LogP contribution in [0.3, 0.4) is 0 Å². The smallest absolute Gasteiger partial charge is 0.233 e. The first-order valence-electron chi connectivity index (χ1n) is 9.53. The Bertz CT molecular complexity index is 870. The highest BCUT2D eigenvalue weighted by Crippen LogP contribution is 2.39. The number of methoxy groups -OCH3 is 2. The third-order valence-electron chi connectivity index (χ3n) is 4.91. The zero-order chi connectivity index (χ0) is 20.8. The molecule has 0 aromatic heterocycles. The van der Waals surface area contributed by atoms with E-state index < -0.39 is 0 Å². The average molecular weight is 415 g/mol. The van der Waals surface area contributed by atoms with E-state index in [-0.39, 0.29) is 17.9 Å². The molecular formula is C22H26N2O4S. The maximum atomic E-state index is 12.9. The van der Waals surface area contributed by atoms with Crippen LogP contribution in [0.5, 0.6) is 11.5 Å². The molecule has 2 aromatic rings. The topological polar surface area (TPSA) is 67.9 Å². The fourth-order valence-electron chi connectivity index (χ4n) is 3.55. The highest BCUT2D eigenvalue weighted by atomic mass is 32.2. The minimum absolute atomic E-state index is 0.00436. The summed E-state index contributed by atoms with van der Waals surface area (Å²) < 4.78 is 10.9. The van der Waals surface area contributed by atoms with Gasteiger partial charge >= 0.3 is 0 Å². The molecule has 1 saturated heterocycles. The van der Waals surface area contributed by atoms with Crippen LogP contribution in [0.2, 0.25) is 0 Å². The maximum Gasteiger partial charge on any atom is 0.233 e. The van der Waals surface area contributed by atoms with E-state index in [1.54, 1.807) is 14.2 Å². The summed E-state index contributed by atoms with van der Waals surface area (Å²) in [6.45, 7) is 2.22. The van der Waals surface area contributed by atoms with E-state index in [4.69, 9.17) is 9.47 Å². The number of benzene rings is 2. The number of amides is 2. The van der Waals surface area contributed by atoms with Crippen LogP contribution in [-0.2, 0) is 9.59 Å². The van der Waals surface area contributed by atoms with Gasteiger partial charge in [0.1, 0.15) is 11.5 Å². The van der Waals surface area contributed by atoms with Gasteiger partial charge in [0.25, 0.3) is 0 Å². The largest absolute Gasteiger partial charge is 0.497 e. The number of carbonyl (C=O) groups is 2. The molecule has 7 heteroatoms. The SMILES string of the molecule is COc1ccc(OC)c(C2CCCN2C(=O)CSc2ccc(NC(C)=O)cc2)c1. The summed E-state index contributed by atoms with van der Waals surface area (Å²) in [5.41, 5.74) is 1.74. The summed E-state index contributed by atoms with van der Waals surface area (Å²) in [6, 6.07) is 13.2. The lowest BCUT2D eigenvalue weighted by molar-refractivity contribution is -0.129. The number of likely N-dealkylation sites (tertiary alicyclic amines) is 1. The van der Waals surface area contributed by atoms with E-state index >= 15 is 0 Å². The molecule has 1 aliphatic rings. The monoisotopic (exact) mass is 414 g/mol. The Morgan fingerprint density at radius 3 is 2.55 bits per heavy atom. The Balaban J connectivity index is 1.67. The number of carbonyl (C=O) groups excluding carboxylic acids is 2. The van der Waals surface area contributed by atoms with Crippen molar-refractivity contribution in [2.75, 3.05) is 31.8 Å². The van der Waals surface area contributed by atoms with Gasteiger partial charge in [0.05, 0.1) is 26.0 Å². The van der Waals surface area contributed by atoms with Gasteiger partial charge in [-0.05, 0) is 55.3 Å². The van der Waals surface area contributed by atoms with Crippen molar-refractivity contribution in [3.05, 3.63) is 48.0 Å². The number of hydrogen-bond acceptors (Lipinski definition) is 5. The Labute approximate surface area is 175 Å². The van der Waals surface area contributed by atoms with Crippen molar-refractivity contribution in [2.45, 2.75) is 30.7 Å². The van der Waals surface area contributed by atoms with E-state index in [1.165, 1.54) is 18.7 Å². The number of nitrogens with zero attached hydrogens (tertiary/aromatic N) is 1. The standard InChI is InChI=1S/C22H26N2O4S/c1-15(25)23-16-6-9-18(10-7-16)29-14-22(26)24-12-4-5-20(24)19-13-17(27-2)8-11-21(19)28-3/h6-11,13,20H,4-5,12,14H2,1-3H3,(H,23,25). The molecular weight excluding hydrogens is 388 g/mol. The van der Waals surface area contributed by atoms with Crippen LogP contribution >= 0.6 is 11.8 Å². The van der Waals surface area contributed by atoms with Crippen LogP contribution < -0.4 is 14.8 Å². The molecule has 3 rings (SSSR count). The summed E-state index contributed by atoms with van der Waals surface area (Å²) >= 11 is 1.50. The third kappa shape index (κ3) is 5.23. The zero-order valence-corrected chi connectivity index (χ0v) is 17.8. The molecule has 0 saturated carbocycles.